The van der Waals surface area contributed by atoms with Crippen LogP contribution in [0.4, 0.5) is 0 Å². The van der Waals surface area contributed by atoms with E-state index in [2.05, 4.69) is 32.7 Å². The molecule has 1 rings (SSSR count). The normalized spacial score (nSPS) is 20.6. The van der Waals surface area contributed by atoms with Crippen LogP contribution in [0.5, 0.6) is 0 Å². The molecule has 1 saturated heterocycles. The maximum atomic E-state index is 2.41. The molecule has 0 radical (unpaired) electrons. The van der Waals surface area contributed by atoms with Crippen LogP contribution in [0.3, 0.4) is 0 Å². The van der Waals surface area contributed by atoms with Crippen molar-refractivity contribution in [3.63, 3.8) is 0 Å². The summed E-state index contributed by atoms with van der Waals surface area (Å²) in [7, 11) is 2.20. The van der Waals surface area contributed by atoms with Gasteiger partial charge in [0.15, 0.2) is 0 Å². The molecule has 0 aromatic heterocycles. The van der Waals surface area contributed by atoms with E-state index in [0.717, 1.165) is 0 Å². The van der Waals surface area contributed by atoms with Crippen molar-refractivity contribution in [1.82, 2.24) is 4.90 Å². The molecule has 1 aliphatic heterocycles. The number of nitrogens with zero attached hydrogens (tertiary/aromatic N) is 1. The van der Waals surface area contributed by atoms with Crippen molar-refractivity contribution in [2.24, 2.45) is 0 Å². The van der Waals surface area contributed by atoms with Gasteiger partial charge in [-0.25, -0.2) is 0 Å². The molecule has 1 fully saturated rings. The summed E-state index contributed by atoms with van der Waals surface area (Å²) in [6.45, 7) is 6.87. The Labute approximate surface area is 129 Å². The second kappa shape index (κ2) is 10.1. The van der Waals surface area contributed by atoms with E-state index in [9.17, 15) is 0 Å². The molecule has 76 valence electrons. The zero-order valence-corrected chi connectivity index (χ0v) is 13.0. The number of hydrogen-bond acceptors (Lipinski definition) is 1. The molecule has 0 saturated carbocycles. The molecule has 0 amide bonds. The average Bonchev–Trinajstić information content (AvgIpc) is 1.83. The van der Waals surface area contributed by atoms with Crippen molar-refractivity contribution in [3.8, 4) is 0 Å². The Bertz CT molecular complexity index is 136. The Morgan fingerprint density at radius 3 is 1.93 bits per heavy atom. The summed E-state index contributed by atoms with van der Waals surface area (Å²) in [4.78, 5) is 2.41. The van der Waals surface area contributed by atoms with E-state index in [1.165, 1.54) is 25.3 Å². The number of hydrogen-bond donors (Lipinski definition) is 0. The molecule has 1 heterocycles. The third kappa shape index (κ3) is 6.48. The minimum absolute atomic E-state index is 0. The van der Waals surface area contributed by atoms with Crippen LogP contribution < -0.4 is 43.7 Å². The summed E-state index contributed by atoms with van der Waals surface area (Å²) in [6.07, 6.45) is 3.99. The summed E-state index contributed by atoms with van der Waals surface area (Å²) < 4.78 is 0. The minimum Gasteiger partial charge on any atom is -1.00 e. The predicted octanol–water partition coefficient (Wildman–Crippen LogP) is -6.94. The largest absolute Gasteiger partial charge is 2.00 e. The van der Waals surface area contributed by atoms with Gasteiger partial charge in [0, 0.05) is 0 Å². The average molecular weight is 242 g/mol. The summed E-state index contributed by atoms with van der Waals surface area (Å²) in [6, 6.07) is 1.54. The van der Waals surface area contributed by atoms with E-state index in [4.69, 9.17) is 0 Å². The van der Waals surface area contributed by atoms with Gasteiger partial charge in [-0.2, -0.15) is 13.3 Å². The van der Waals surface area contributed by atoms with Gasteiger partial charge in [0.1, 0.15) is 0 Å². The van der Waals surface area contributed by atoms with E-state index in [-0.39, 0.29) is 66.7 Å². The van der Waals surface area contributed by atoms with E-state index in [1.54, 1.807) is 0 Å². The van der Waals surface area contributed by atoms with Crippen LogP contribution >= 0.6 is 0 Å². The monoisotopic (exact) mass is 241 g/mol. The van der Waals surface area contributed by atoms with Crippen LogP contribution in [0.1, 0.15) is 40.0 Å². The van der Waals surface area contributed by atoms with E-state index in [0.29, 0.717) is 5.54 Å². The minimum atomic E-state index is 0. The summed E-state index contributed by atoms with van der Waals surface area (Å²) in [5.41, 5.74) is 0.405. The molecule has 1 nitrogen and oxygen atoms in total. The van der Waals surface area contributed by atoms with Crippen molar-refractivity contribution in [2.75, 3.05) is 7.05 Å². The summed E-state index contributed by atoms with van der Waals surface area (Å²) in [5.74, 6) is 0. The molecule has 0 spiro atoms. The van der Waals surface area contributed by atoms with Gasteiger partial charge >= 0.3 is 41.9 Å². The molecule has 14 heavy (non-hydrogen) atoms. The Morgan fingerprint density at radius 1 is 1.21 bits per heavy atom. The van der Waals surface area contributed by atoms with Crippen LogP contribution in [0.15, 0.2) is 0 Å². The second-order valence-electron chi connectivity index (χ2n) is 3.96. The SMILES string of the molecule is C[C-]1CCCC(C)(C)N1C.[Cl-].[Cl-].[Li+].[Mg+2]. The molecule has 0 N–H and O–H groups in total. The van der Waals surface area contributed by atoms with Gasteiger partial charge in [0.25, 0.3) is 0 Å². The standard InChI is InChI=1S/C9H18N.2ClH.Li.Mg/c1-8-6-5-7-9(2,3)10(8)4;;;;/h5-7H2,1-4H3;2*1H;;/q-1;;;+1;+2/p-2. The molecule has 0 atom stereocenters. The van der Waals surface area contributed by atoms with Gasteiger partial charge < -0.3 is 29.7 Å². The van der Waals surface area contributed by atoms with E-state index >= 15 is 0 Å². The van der Waals surface area contributed by atoms with Crippen molar-refractivity contribution in [1.29, 1.82) is 0 Å². The summed E-state index contributed by atoms with van der Waals surface area (Å²) >= 11 is 0. The molecule has 0 bridgehead atoms. The number of piperidine rings is 1. The van der Waals surface area contributed by atoms with Crippen LogP contribution in [0, 0.1) is 6.04 Å². The summed E-state index contributed by atoms with van der Waals surface area (Å²) in [5, 5.41) is 0. The van der Waals surface area contributed by atoms with Crippen molar-refractivity contribution >= 4 is 23.1 Å². The quantitative estimate of drug-likeness (QED) is 0.301. The third-order valence-electron chi connectivity index (χ3n) is 2.81. The molecular formula is C9H18Cl2LiMgN. The zero-order valence-electron chi connectivity index (χ0n) is 10.0. The predicted molar refractivity (Wildman–Crippen MR) is 50.4 cm³/mol. The van der Waals surface area contributed by atoms with Crippen molar-refractivity contribution in [3.05, 3.63) is 6.04 Å². The first kappa shape index (κ1) is 24.9. The number of rotatable bonds is 0. The first-order valence-corrected chi connectivity index (χ1v) is 4.10. The first-order chi connectivity index (χ1) is 4.54. The van der Waals surface area contributed by atoms with Crippen LogP contribution in [0.25, 0.3) is 0 Å². The van der Waals surface area contributed by atoms with Crippen LogP contribution in [-0.4, -0.2) is 40.5 Å². The Kier molecular flexibility index (Phi) is 18.0. The Hall–Kier alpha value is 1.90. The van der Waals surface area contributed by atoms with Crippen molar-refractivity contribution < 1.29 is 43.7 Å². The second-order valence-corrected chi connectivity index (χ2v) is 3.96. The van der Waals surface area contributed by atoms with Crippen LogP contribution in [0.2, 0.25) is 0 Å². The molecular weight excluding hydrogens is 224 g/mol. The molecule has 1 aliphatic rings. The van der Waals surface area contributed by atoms with Crippen LogP contribution in [-0.2, 0) is 0 Å². The van der Waals surface area contributed by atoms with Gasteiger partial charge in [0.2, 0.25) is 0 Å². The third-order valence-corrected chi connectivity index (χ3v) is 2.81. The zero-order chi connectivity index (χ0) is 7.78. The number of halogens is 2. The van der Waals surface area contributed by atoms with Gasteiger partial charge in [-0.05, 0) is 32.9 Å². The maximum absolute atomic E-state index is 2.41. The smallest absolute Gasteiger partial charge is 1.00 e. The maximum Gasteiger partial charge on any atom is 2.00 e. The molecule has 5 heteroatoms. The van der Waals surface area contributed by atoms with Gasteiger partial charge in [-0.3, -0.25) is 6.04 Å². The molecule has 0 aliphatic carbocycles. The number of likely N-dealkylation sites (tertiary alicyclic amines) is 1. The van der Waals surface area contributed by atoms with Gasteiger partial charge in [0.05, 0.1) is 0 Å². The topological polar surface area (TPSA) is 3.24 Å². The van der Waals surface area contributed by atoms with Crippen molar-refractivity contribution in [2.45, 2.75) is 45.6 Å². The fraction of sp³-hybridized carbons (Fsp3) is 0.889. The Morgan fingerprint density at radius 2 is 1.64 bits per heavy atom. The fourth-order valence-electron chi connectivity index (χ4n) is 1.63. The van der Waals surface area contributed by atoms with Gasteiger partial charge in [-0.1, -0.05) is 6.42 Å². The fourth-order valence-corrected chi connectivity index (χ4v) is 1.63. The van der Waals surface area contributed by atoms with E-state index < -0.39 is 0 Å². The molecule has 0 aromatic carbocycles. The first-order valence-electron chi connectivity index (χ1n) is 4.10. The van der Waals surface area contributed by atoms with E-state index in [1.807, 2.05) is 0 Å². The van der Waals surface area contributed by atoms with Gasteiger partial charge in [-0.15, -0.1) is 0 Å². The Balaban J connectivity index is -0.000000125. The molecule has 0 unspecified atom stereocenters. The molecule has 0 aromatic rings.